The Morgan fingerprint density at radius 2 is 1.08 bits per heavy atom. The lowest BCUT2D eigenvalue weighted by Crippen LogP contribution is -2.28. The molecule has 0 fully saturated rings. The van der Waals surface area contributed by atoms with Crippen LogP contribution in [0.5, 0.6) is 0 Å². The monoisotopic (exact) mass is 348 g/mol. The fourth-order valence-electron chi connectivity index (χ4n) is 3.48. The van der Waals surface area contributed by atoms with Crippen LogP contribution in [0.3, 0.4) is 0 Å². The number of rotatable bonds is 6. The molecule has 2 heteroatoms. The SMILES string of the molecule is CC(C)(Cc1ccccc1)CP(=O)(c1ccccc1)c1ccccc1. The molecule has 0 aliphatic carbocycles. The van der Waals surface area contributed by atoms with Crippen LogP contribution in [0.25, 0.3) is 0 Å². The van der Waals surface area contributed by atoms with Gasteiger partial charge in [0, 0.05) is 16.8 Å². The molecule has 0 saturated heterocycles. The Morgan fingerprint density at radius 1 is 0.680 bits per heavy atom. The summed E-state index contributed by atoms with van der Waals surface area (Å²) in [4.78, 5) is 0. The molecule has 1 nitrogen and oxygen atoms in total. The Balaban J connectivity index is 1.97. The van der Waals surface area contributed by atoms with Gasteiger partial charge in [0.2, 0.25) is 0 Å². The molecule has 0 saturated carbocycles. The van der Waals surface area contributed by atoms with E-state index in [4.69, 9.17) is 0 Å². The second kappa shape index (κ2) is 7.42. The van der Waals surface area contributed by atoms with Gasteiger partial charge in [0.1, 0.15) is 7.14 Å². The average molecular weight is 348 g/mol. The molecule has 3 rings (SSSR count). The van der Waals surface area contributed by atoms with E-state index in [0.29, 0.717) is 6.16 Å². The topological polar surface area (TPSA) is 17.1 Å². The van der Waals surface area contributed by atoms with Gasteiger partial charge in [0.25, 0.3) is 0 Å². The molecule has 25 heavy (non-hydrogen) atoms. The van der Waals surface area contributed by atoms with E-state index in [9.17, 15) is 4.57 Å². The predicted molar refractivity (Wildman–Crippen MR) is 109 cm³/mol. The van der Waals surface area contributed by atoms with E-state index in [2.05, 4.69) is 38.1 Å². The van der Waals surface area contributed by atoms with Crippen LogP contribution < -0.4 is 10.6 Å². The van der Waals surface area contributed by atoms with Gasteiger partial charge in [-0.3, -0.25) is 0 Å². The molecule has 128 valence electrons. The van der Waals surface area contributed by atoms with Crippen LogP contribution in [0.4, 0.5) is 0 Å². The van der Waals surface area contributed by atoms with Crippen LogP contribution in [0.15, 0.2) is 91.0 Å². The number of benzene rings is 3. The summed E-state index contributed by atoms with van der Waals surface area (Å²) >= 11 is 0. The third kappa shape index (κ3) is 4.30. The van der Waals surface area contributed by atoms with Gasteiger partial charge in [-0.25, -0.2) is 0 Å². The van der Waals surface area contributed by atoms with Crippen molar-refractivity contribution < 1.29 is 4.57 Å². The fraction of sp³-hybridized carbons (Fsp3) is 0.217. The van der Waals surface area contributed by atoms with Crippen LogP contribution in [0.1, 0.15) is 19.4 Å². The summed E-state index contributed by atoms with van der Waals surface area (Å²) in [6.07, 6.45) is 1.57. The summed E-state index contributed by atoms with van der Waals surface area (Å²) in [6.45, 7) is 4.44. The summed E-state index contributed by atoms with van der Waals surface area (Å²) in [5, 5.41) is 1.89. The van der Waals surface area contributed by atoms with Crippen molar-refractivity contribution >= 4 is 17.8 Å². The molecule has 3 aromatic rings. The minimum absolute atomic E-state index is 0.0669. The van der Waals surface area contributed by atoms with Gasteiger partial charge in [0.15, 0.2) is 0 Å². The van der Waals surface area contributed by atoms with E-state index in [0.717, 1.165) is 17.0 Å². The highest BCUT2D eigenvalue weighted by molar-refractivity contribution is 7.78. The summed E-state index contributed by atoms with van der Waals surface area (Å²) in [7, 11) is -2.68. The normalized spacial score (nSPS) is 12.1. The zero-order valence-electron chi connectivity index (χ0n) is 14.9. The van der Waals surface area contributed by atoms with Crippen molar-refractivity contribution in [2.24, 2.45) is 5.41 Å². The standard InChI is InChI=1S/C23H25OP/c1-23(2,18-20-12-6-3-7-13-20)19-25(24,21-14-8-4-9-15-21)22-16-10-5-11-17-22/h3-17H,18-19H2,1-2H3. The van der Waals surface area contributed by atoms with Crippen molar-refractivity contribution in [1.82, 2.24) is 0 Å². The van der Waals surface area contributed by atoms with Gasteiger partial charge in [-0.1, -0.05) is 105 Å². The van der Waals surface area contributed by atoms with Crippen molar-refractivity contribution in [1.29, 1.82) is 0 Å². The first-order valence-corrected chi connectivity index (χ1v) is 10.6. The van der Waals surface area contributed by atoms with Gasteiger partial charge in [0.05, 0.1) is 0 Å². The first-order chi connectivity index (χ1) is 12.0. The molecule has 0 aliphatic rings. The lowest BCUT2D eigenvalue weighted by atomic mass is 9.88. The maximum Gasteiger partial charge on any atom is 0.143 e. The molecule has 0 radical (unpaired) electrons. The summed E-state index contributed by atoms with van der Waals surface area (Å²) < 4.78 is 14.2. The van der Waals surface area contributed by atoms with Gasteiger partial charge >= 0.3 is 0 Å². The van der Waals surface area contributed by atoms with E-state index in [-0.39, 0.29) is 5.41 Å². The van der Waals surface area contributed by atoms with E-state index in [1.54, 1.807) is 0 Å². The molecule has 0 spiro atoms. The van der Waals surface area contributed by atoms with Crippen LogP contribution in [-0.2, 0) is 11.0 Å². The molecule has 3 aromatic carbocycles. The van der Waals surface area contributed by atoms with Crippen LogP contribution in [-0.4, -0.2) is 6.16 Å². The van der Waals surface area contributed by atoms with Crippen LogP contribution >= 0.6 is 7.14 Å². The lowest BCUT2D eigenvalue weighted by molar-refractivity contribution is 0.412. The van der Waals surface area contributed by atoms with E-state index in [1.165, 1.54) is 5.56 Å². The largest absolute Gasteiger partial charge is 0.314 e. The van der Waals surface area contributed by atoms with Crippen molar-refractivity contribution in [2.75, 3.05) is 6.16 Å². The molecule has 0 aliphatic heterocycles. The zero-order chi connectivity index (χ0) is 17.8. The second-order valence-electron chi connectivity index (χ2n) is 7.40. The van der Waals surface area contributed by atoms with E-state index < -0.39 is 7.14 Å². The molecule has 0 bridgehead atoms. The highest BCUT2D eigenvalue weighted by atomic mass is 31.2. The van der Waals surface area contributed by atoms with E-state index in [1.807, 2.05) is 66.7 Å². The molecule has 0 atom stereocenters. The lowest BCUT2D eigenvalue weighted by Gasteiger charge is -2.31. The third-order valence-corrected chi connectivity index (χ3v) is 8.09. The van der Waals surface area contributed by atoms with Gasteiger partial charge in [-0.15, -0.1) is 0 Å². The fourth-order valence-corrected chi connectivity index (χ4v) is 6.76. The van der Waals surface area contributed by atoms with Crippen LogP contribution in [0.2, 0.25) is 0 Å². The van der Waals surface area contributed by atoms with Gasteiger partial charge < -0.3 is 4.57 Å². The Labute approximate surface area is 151 Å². The Bertz CT molecular complexity index is 796. The second-order valence-corrected chi connectivity index (χ2v) is 10.2. The van der Waals surface area contributed by atoms with Crippen molar-refractivity contribution in [3.63, 3.8) is 0 Å². The van der Waals surface area contributed by atoms with E-state index >= 15 is 0 Å². The average Bonchev–Trinajstić information content (AvgIpc) is 2.63. The van der Waals surface area contributed by atoms with Crippen molar-refractivity contribution in [3.8, 4) is 0 Å². The minimum Gasteiger partial charge on any atom is -0.314 e. The van der Waals surface area contributed by atoms with Crippen molar-refractivity contribution in [2.45, 2.75) is 20.3 Å². The molecular formula is C23H25OP. The predicted octanol–water partition coefficient (Wildman–Crippen LogP) is 5.27. The van der Waals surface area contributed by atoms with Gasteiger partial charge in [-0.2, -0.15) is 0 Å². The first kappa shape index (κ1) is 17.7. The summed E-state index contributed by atoms with van der Waals surface area (Å²) in [6, 6.07) is 30.4. The van der Waals surface area contributed by atoms with Crippen LogP contribution in [0, 0.1) is 5.41 Å². The Morgan fingerprint density at radius 3 is 1.52 bits per heavy atom. The summed E-state index contributed by atoms with van der Waals surface area (Å²) in [5.41, 5.74) is 1.22. The minimum atomic E-state index is -2.68. The Hall–Kier alpha value is -2.11. The molecule has 0 aromatic heterocycles. The molecule has 0 unspecified atom stereocenters. The zero-order valence-corrected chi connectivity index (χ0v) is 15.8. The molecule has 0 heterocycles. The van der Waals surface area contributed by atoms with Gasteiger partial charge in [-0.05, 0) is 17.4 Å². The first-order valence-electron chi connectivity index (χ1n) is 8.74. The third-order valence-electron chi connectivity index (χ3n) is 4.52. The quantitative estimate of drug-likeness (QED) is 0.555. The highest BCUT2D eigenvalue weighted by Crippen LogP contribution is 2.49. The summed E-state index contributed by atoms with van der Waals surface area (Å²) in [5.74, 6) is 0. The molecular weight excluding hydrogens is 323 g/mol. The molecule has 0 N–H and O–H groups in total. The maximum absolute atomic E-state index is 14.2. The van der Waals surface area contributed by atoms with Crippen molar-refractivity contribution in [3.05, 3.63) is 96.6 Å². The highest BCUT2D eigenvalue weighted by Gasteiger charge is 2.34. The number of hydrogen-bond acceptors (Lipinski definition) is 1. The number of hydrogen-bond donors (Lipinski definition) is 0. The molecule has 0 amide bonds. The smallest absolute Gasteiger partial charge is 0.143 e. The maximum atomic E-state index is 14.2. The Kier molecular flexibility index (Phi) is 5.25.